The van der Waals surface area contributed by atoms with Gasteiger partial charge in [-0.15, -0.1) is 0 Å². The average molecular weight is 325 g/mol. The normalized spacial score (nSPS) is 14.8. The van der Waals surface area contributed by atoms with Crippen LogP contribution in [0.3, 0.4) is 0 Å². The number of rotatable bonds is 2. The lowest BCUT2D eigenvalue weighted by atomic mass is 10.1. The molecule has 0 saturated heterocycles. The average Bonchev–Trinajstić information content (AvgIpc) is 2.48. The Morgan fingerprint density at radius 3 is 2.55 bits per heavy atom. The highest BCUT2D eigenvalue weighted by molar-refractivity contribution is 9.10. The van der Waals surface area contributed by atoms with Crippen LogP contribution in [0.25, 0.3) is 6.08 Å². The summed E-state index contributed by atoms with van der Waals surface area (Å²) in [6.45, 7) is 0. The third-order valence-electron chi connectivity index (χ3n) is 3.14. The lowest BCUT2D eigenvalue weighted by Gasteiger charge is -2.15. The predicted octanol–water partition coefficient (Wildman–Crippen LogP) is 4.84. The van der Waals surface area contributed by atoms with Crippen molar-refractivity contribution in [1.29, 1.82) is 5.41 Å². The second-order valence-electron chi connectivity index (χ2n) is 4.57. The van der Waals surface area contributed by atoms with Crippen LogP contribution in [0.2, 0.25) is 0 Å². The SMILES string of the molecule is N=C(/C=C1/C=Cc2ccccc2N1)c1ccc(Br)cc1. The Bertz CT molecular complexity index is 712. The standard InChI is InChI=1S/C17H13BrN2/c18-14-8-5-12(6-9-14)16(19)11-15-10-7-13-3-1-2-4-17(13)20-15/h1-11,19-20H/b15-11-,19-16?. The van der Waals surface area contributed by atoms with E-state index >= 15 is 0 Å². The second kappa shape index (κ2) is 5.47. The van der Waals surface area contributed by atoms with Crippen molar-refractivity contribution in [2.45, 2.75) is 0 Å². The molecule has 0 spiro atoms. The molecule has 20 heavy (non-hydrogen) atoms. The van der Waals surface area contributed by atoms with Crippen molar-refractivity contribution in [1.82, 2.24) is 0 Å². The molecular weight excluding hydrogens is 312 g/mol. The first kappa shape index (κ1) is 12.9. The molecule has 2 aromatic carbocycles. The van der Waals surface area contributed by atoms with Crippen molar-refractivity contribution in [2.75, 3.05) is 5.32 Å². The maximum absolute atomic E-state index is 8.15. The zero-order valence-electron chi connectivity index (χ0n) is 10.7. The van der Waals surface area contributed by atoms with E-state index in [9.17, 15) is 0 Å². The van der Waals surface area contributed by atoms with Crippen LogP contribution in [-0.2, 0) is 0 Å². The largest absolute Gasteiger partial charge is 0.355 e. The topological polar surface area (TPSA) is 35.9 Å². The lowest BCUT2D eigenvalue weighted by Crippen LogP contribution is -2.06. The molecule has 0 aliphatic carbocycles. The van der Waals surface area contributed by atoms with Gasteiger partial charge in [-0.05, 0) is 41.5 Å². The summed E-state index contributed by atoms with van der Waals surface area (Å²) >= 11 is 3.40. The minimum absolute atomic E-state index is 0.490. The van der Waals surface area contributed by atoms with Crippen molar-refractivity contribution in [2.24, 2.45) is 0 Å². The van der Waals surface area contributed by atoms with Gasteiger partial charge in [-0.2, -0.15) is 0 Å². The van der Waals surface area contributed by atoms with Gasteiger partial charge in [0.2, 0.25) is 0 Å². The van der Waals surface area contributed by atoms with E-state index in [2.05, 4.69) is 33.4 Å². The number of para-hydroxylation sites is 1. The maximum Gasteiger partial charge on any atom is 0.0632 e. The molecule has 3 heteroatoms. The summed E-state index contributed by atoms with van der Waals surface area (Å²) in [5.74, 6) is 0. The summed E-state index contributed by atoms with van der Waals surface area (Å²) in [5, 5.41) is 11.5. The lowest BCUT2D eigenvalue weighted by molar-refractivity contribution is 1.42. The van der Waals surface area contributed by atoms with Gasteiger partial charge in [-0.25, -0.2) is 0 Å². The first-order chi connectivity index (χ1) is 9.72. The predicted molar refractivity (Wildman–Crippen MR) is 88.2 cm³/mol. The zero-order chi connectivity index (χ0) is 13.9. The number of benzene rings is 2. The van der Waals surface area contributed by atoms with Gasteiger partial charge in [0.05, 0.1) is 5.71 Å². The van der Waals surface area contributed by atoms with Crippen LogP contribution in [0.4, 0.5) is 5.69 Å². The Morgan fingerprint density at radius 1 is 1.00 bits per heavy atom. The molecule has 1 aliphatic heterocycles. The van der Waals surface area contributed by atoms with Crippen LogP contribution < -0.4 is 5.32 Å². The highest BCUT2D eigenvalue weighted by atomic mass is 79.9. The molecule has 3 rings (SSSR count). The van der Waals surface area contributed by atoms with Gasteiger partial charge < -0.3 is 10.7 Å². The number of nitrogens with one attached hydrogen (secondary N) is 2. The third kappa shape index (κ3) is 2.73. The van der Waals surface area contributed by atoms with Crippen molar-refractivity contribution < 1.29 is 0 Å². The summed E-state index contributed by atoms with van der Waals surface area (Å²) < 4.78 is 1.02. The number of anilines is 1. The van der Waals surface area contributed by atoms with Crippen LogP contribution in [0.5, 0.6) is 0 Å². The van der Waals surface area contributed by atoms with Crippen molar-refractivity contribution in [3.63, 3.8) is 0 Å². The fourth-order valence-corrected chi connectivity index (χ4v) is 2.35. The smallest absolute Gasteiger partial charge is 0.0632 e. The third-order valence-corrected chi connectivity index (χ3v) is 3.67. The van der Waals surface area contributed by atoms with Gasteiger partial charge >= 0.3 is 0 Å². The van der Waals surface area contributed by atoms with E-state index < -0.39 is 0 Å². The molecule has 1 heterocycles. The first-order valence-electron chi connectivity index (χ1n) is 6.33. The quantitative estimate of drug-likeness (QED) is 0.762. The fourth-order valence-electron chi connectivity index (χ4n) is 2.09. The van der Waals surface area contributed by atoms with E-state index in [-0.39, 0.29) is 0 Å². The number of fused-ring (bicyclic) bond motifs is 1. The van der Waals surface area contributed by atoms with Crippen molar-refractivity contribution in [3.05, 3.63) is 82.0 Å². The highest BCUT2D eigenvalue weighted by Gasteiger charge is 2.07. The van der Waals surface area contributed by atoms with E-state index in [1.807, 2.05) is 54.6 Å². The Hall–Kier alpha value is -2.13. The van der Waals surface area contributed by atoms with Crippen LogP contribution in [-0.4, -0.2) is 5.71 Å². The molecule has 0 aromatic heterocycles. The van der Waals surface area contributed by atoms with E-state index in [1.54, 1.807) is 0 Å². The van der Waals surface area contributed by atoms with Gasteiger partial charge in [-0.1, -0.05) is 52.3 Å². The molecule has 0 atom stereocenters. The minimum atomic E-state index is 0.490. The van der Waals surface area contributed by atoms with Gasteiger partial charge in [0, 0.05) is 15.9 Å². The molecule has 2 aromatic rings. The number of allylic oxidation sites excluding steroid dienone is 2. The van der Waals surface area contributed by atoms with Crippen LogP contribution in [0, 0.1) is 5.41 Å². The summed E-state index contributed by atoms with van der Waals surface area (Å²) in [6, 6.07) is 15.9. The summed E-state index contributed by atoms with van der Waals surface area (Å²) in [5.41, 5.74) is 4.56. The second-order valence-corrected chi connectivity index (χ2v) is 5.48. The van der Waals surface area contributed by atoms with E-state index in [0.29, 0.717) is 5.71 Å². The molecule has 1 aliphatic rings. The number of hydrogen-bond donors (Lipinski definition) is 2. The molecule has 0 bridgehead atoms. The fraction of sp³-hybridized carbons (Fsp3) is 0. The molecule has 0 saturated carbocycles. The first-order valence-corrected chi connectivity index (χ1v) is 7.12. The van der Waals surface area contributed by atoms with Gasteiger partial charge in [0.1, 0.15) is 0 Å². The van der Waals surface area contributed by atoms with Crippen LogP contribution in [0.15, 0.2) is 70.9 Å². The van der Waals surface area contributed by atoms with Crippen LogP contribution >= 0.6 is 15.9 Å². The van der Waals surface area contributed by atoms with Gasteiger partial charge in [0.15, 0.2) is 0 Å². The highest BCUT2D eigenvalue weighted by Crippen LogP contribution is 2.24. The monoisotopic (exact) mass is 324 g/mol. The maximum atomic E-state index is 8.15. The molecule has 0 amide bonds. The summed E-state index contributed by atoms with van der Waals surface area (Å²) in [7, 11) is 0. The summed E-state index contributed by atoms with van der Waals surface area (Å²) in [6.07, 6.45) is 5.90. The molecular formula is C17H13BrN2. The molecule has 98 valence electrons. The molecule has 2 N–H and O–H groups in total. The summed E-state index contributed by atoms with van der Waals surface area (Å²) in [4.78, 5) is 0. The Morgan fingerprint density at radius 2 is 1.75 bits per heavy atom. The van der Waals surface area contributed by atoms with Gasteiger partial charge in [0.25, 0.3) is 0 Å². The molecule has 0 unspecified atom stereocenters. The molecule has 0 radical (unpaired) electrons. The van der Waals surface area contributed by atoms with Gasteiger partial charge in [-0.3, -0.25) is 0 Å². The van der Waals surface area contributed by atoms with Crippen molar-refractivity contribution in [3.8, 4) is 0 Å². The number of halogens is 1. The Labute approximate surface area is 126 Å². The Balaban J connectivity index is 1.84. The van der Waals surface area contributed by atoms with Crippen molar-refractivity contribution >= 4 is 33.4 Å². The molecule has 0 fully saturated rings. The minimum Gasteiger partial charge on any atom is -0.355 e. The van der Waals surface area contributed by atoms with E-state index in [4.69, 9.17) is 5.41 Å². The van der Waals surface area contributed by atoms with E-state index in [0.717, 1.165) is 21.4 Å². The van der Waals surface area contributed by atoms with E-state index in [1.165, 1.54) is 5.56 Å². The number of hydrogen-bond acceptors (Lipinski definition) is 2. The van der Waals surface area contributed by atoms with Crippen LogP contribution in [0.1, 0.15) is 11.1 Å². The molecule has 2 nitrogen and oxygen atoms in total. The zero-order valence-corrected chi connectivity index (χ0v) is 12.3. The Kier molecular flexibility index (Phi) is 3.52.